The van der Waals surface area contributed by atoms with Crippen LogP contribution in [0.25, 0.3) is 11.1 Å². The normalized spacial score (nSPS) is 11.5. The summed E-state index contributed by atoms with van der Waals surface area (Å²) in [6.45, 7) is 8.56. The van der Waals surface area contributed by atoms with Gasteiger partial charge in [-0.05, 0) is 33.3 Å². The molecule has 1 heterocycles. The summed E-state index contributed by atoms with van der Waals surface area (Å²) in [5, 5.41) is 7.39. The van der Waals surface area contributed by atoms with Crippen molar-refractivity contribution in [1.82, 2.24) is 9.78 Å². The predicted octanol–water partition coefficient (Wildman–Crippen LogP) is 3.28. The monoisotopic (exact) mass is 301 g/mol. The van der Waals surface area contributed by atoms with Crippen molar-refractivity contribution in [3.63, 3.8) is 0 Å². The molecule has 0 atom stereocenters. The fourth-order valence-electron chi connectivity index (χ4n) is 2.17. The van der Waals surface area contributed by atoms with Crippen molar-refractivity contribution in [1.29, 1.82) is 0 Å². The van der Waals surface area contributed by atoms with E-state index >= 15 is 0 Å². The summed E-state index contributed by atoms with van der Waals surface area (Å²) >= 11 is 0. The number of hydrogen-bond donors (Lipinski definition) is 1. The van der Waals surface area contributed by atoms with Gasteiger partial charge in [0, 0.05) is 12.2 Å². The Morgan fingerprint density at radius 3 is 2.55 bits per heavy atom. The van der Waals surface area contributed by atoms with E-state index in [1.54, 1.807) is 6.20 Å². The van der Waals surface area contributed by atoms with Crippen molar-refractivity contribution in [3.05, 3.63) is 36.5 Å². The van der Waals surface area contributed by atoms with Gasteiger partial charge in [0.25, 0.3) is 5.91 Å². The number of anilines is 1. The van der Waals surface area contributed by atoms with Gasteiger partial charge in [-0.25, -0.2) is 4.68 Å². The van der Waals surface area contributed by atoms with E-state index in [1.165, 1.54) is 0 Å². The molecule has 0 aliphatic carbocycles. The maximum absolute atomic E-state index is 12.1. The number of amides is 1. The molecule has 5 heteroatoms. The van der Waals surface area contributed by atoms with Crippen LogP contribution in [0.5, 0.6) is 0 Å². The van der Waals surface area contributed by atoms with Crippen molar-refractivity contribution >= 4 is 11.7 Å². The molecule has 0 saturated heterocycles. The molecule has 1 aromatic carbocycles. The lowest BCUT2D eigenvalue weighted by atomic mass is 10.1. The van der Waals surface area contributed by atoms with Gasteiger partial charge in [-0.2, -0.15) is 5.10 Å². The van der Waals surface area contributed by atoms with Crippen LogP contribution >= 0.6 is 0 Å². The van der Waals surface area contributed by atoms with Crippen LogP contribution in [0.4, 0.5) is 5.82 Å². The van der Waals surface area contributed by atoms with E-state index in [-0.39, 0.29) is 18.1 Å². The molecule has 118 valence electrons. The van der Waals surface area contributed by atoms with Crippen LogP contribution in [0.2, 0.25) is 0 Å². The largest absolute Gasteiger partial charge is 0.372 e. The third-order valence-corrected chi connectivity index (χ3v) is 3.18. The average molecular weight is 301 g/mol. The van der Waals surface area contributed by atoms with Crippen molar-refractivity contribution < 1.29 is 9.53 Å². The summed E-state index contributed by atoms with van der Waals surface area (Å²) in [7, 11) is 0. The van der Waals surface area contributed by atoms with Crippen molar-refractivity contribution in [2.45, 2.75) is 33.2 Å². The number of carbonyl (C=O) groups excluding carboxylic acids is 1. The fraction of sp³-hybridized carbons (Fsp3) is 0.412. The molecule has 0 aliphatic rings. The summed E-state index contributed by atoms with van der Waals surface area (Å²) in [5.74, 6) is 0.522. The number of nitrogens with one attached hydrogen (secondary N) is 1. The highest BCUT2D eigenvalue weighted by atomic mass is 16.5. The molecule has 1 N–H and O–H groups in total. The van der Waals surface area contributed by atoms with Crippen molar-refractivity contribution in [3.8, 4) is 11.1 Å². The van der Waals surface area contributed by atoms with Crippen LogP contribution < -0.4 is 5.32 Å². The number of rotatable bonds is 5. The molecule has 0 saturated carbocycles. The van der Waals surface area contributed by atoms with Crippen LogP contribution in [0.1, 0.15) is 27.7 Å². The molecule has 0 spiro atoms. The molecule has 2 rings (SSSR count). The number of benzene rings is 1. The molecular formula is C17H23N3O2. The number of nitrogens with zero attached hydrogens (tertiary/aromatic N) is 2. The van der Waals surface area contributed by atoms with Crippen molar-refractivity contribution in [2.75, 3.05) is 18.5 Å². The highest BCUT2D eigenvalue weighted by Crippen LogP contribution is 2.31. The molecule has 22 heavy (non-hydrogen) atoms. The van der Waals surface area contributed by atoms with Gasteiger partial charge in [-0.1, -0.05) is 30.3 Å². The first-order valence-electron chi connectivity index (χ1n) is 7.45. The Bertz CT molecular complexity index is 627. The highest BCUT2D eigenvalue weighted by molar-refractivity contribution is 5.95. The minimum absolute atomic E-state index is 0.0417. The zero-order valence-electron chi connectivity index (χ0n) is 13.6. The molecule has 0 aliphatic heterocycles. The van der Waals surface area contributed by atoms with E-state index < -0.39 is 0 Å². The van der Waals surface area contributed by atoms with Gasteiger partial charge >= 0.3 is 0 Å². The van der Waals surface area contributed by atoms with Crippen LogP contribution in [0.3, 0.4) is 0 Å². The summed E-state index contributed by atoms with van der Waals surface area (Å²) in [5.41, 5.74) is 1.69. The Labute approximate surface area is 131 Å². The second-order valence-electron chi connectivity index (χ2n) is 6.04. The lowest BCUT2D eigenvalue weighted by Gasteiger charge is -2.23. The molecule has 0 bridgehead atoms. The Kier molecular flexibility index (Phi) is 4.98. The third kappa shape index (κ3) is 3.74. The summed E-state index contributed by atoms with van der Waals surface area (Å²) in [6.07, 6.45) is 1.79. The van der Waals surface area contributed by atoms with Gasteiger partial charge < -0.3 is 10.1 Å². The molecule has 2 aromatic rings. The average Bonchev–Trinajstić information content (AvgIpc) is 2.89. The number of aromatic nitrogens is 2. The van der Waals surface area contributed by atoms with Crippen molar-refractivity contribution in [2.24, 2.45) is 0 Å². The minimum atomic E-state index is -0.235. The Balaban J connectivity index is 2.39. The van der Waals surface area contributed by atoms with E-state index in [0.29, 0.717) is 12.4 Å². The third-order valence-electron chi connectivity index (χ3n) is 3.18. The molecule has 0 unspecified atom stereocenters. The topological polar surface area (TPSA) is 56.1 Å². The number of carbonyl (C=O) groups is 1. The Morgan fingerprint density at radius 2 is 1.95 bits per heavy atom. The second-order valence-corrected chi connectivity index (χ2v) is 6.04. The van der Waals surface area contributed by atoms with E-state index in [2.05, 4.69) is 10.4 Å². The zero-order chi connectivity index (χ0) is 16.2. The zero-order valence-corrected chi connectivity index (χ0v) is 13.6. The van der Waals surface area contributed by atoms with E-state index in [4.69, 9.17) is 4.74 Å². The first kappa shape index (κ1) is 16.2. The van der Waals surface area contributed by atoms with Gasteiger partial charge in [-0.3, -0.25) is 4.79 Å². The highest BCUT2D eigenvalue weighted by Gasteiger charge is 2.23. The quantitative estimate of drug-likeness (QED) is 0.922. The van der Waals surface area contributed by atoms with Gasteiger partial charge in [0.2, 0.25) is 0 Å². The molecule has 0 fully saturated rings. The van der Waals surface area contributed by atoms with E-state index in [0.717, 1.165) is 11.1 Å². The molecule has 1 aromatic heterocycles. The molecule has 0 radical (unpaired) electrons. The smallest absolute Gasteiger partial charge is 0.251 e. The Hall–Kier alpha value is -2.14. The van der Waals surface area contributed by atoms with Crippen LogP contribution in [-0.4, -0.2) is 28.9 Å². The van der Waals surface area contributed by atoms with Gasteiger partial charge in [-0.15, -0.1) is 0 Å². The first-order valence-corrected chi connectivity index (χ1v) is 7.45. The molecular weight excluding hydrogens is 278 g/mol. The SMILES string of the molecule is CCOCC(=O)Nc1c(-c2ccccc2)cnn1C(C)(C)C. The van der Waals surface area contributed by atoms with Crippen LogP contribution in [-0.2, 0) is 15.1 Å². The van der Waals surface area contributed by atoms with Crippen LogP contribution in [0, 0.1) is 0 Å². The summed E-state index contributed by atoms with van der Waals surface area (Å²) < 4.78 is 7.01. The number of hydrogen-bond acceptors (Lipinski definition) is 3. The van der Waals surface area contributed by atoms with Gasteiger partial charge in [0.05, 0.1) is 11.7 Å². The summed E-state index contributed by atoms with van der Waals surface area (Å²) in [6, 6.07) is 9.90. The van der Waals surface area contributed by atoms with Gasteiger partial charge in [0.15, 0.2) is 0 Å². The molecule has 1 amide bonds. The van der Waals surface area contributed by atoms with E-state index in [9.17, 15) is 4.79 Å². The standard InChI is InChI=1S/C17H23N3O2/c1-5-22-12-15(21)19-16-14(13-9-7-6-8-10-13)11-18-20(16)17(2,3)4/h6-11H,5,12H2,1-4H3,(H,19,21). The summed E-state index contributed by atoms with van der Waals surface area (Å²) in [4.78, 5) is 12.1. The lowest BCUT2D eigenvalue weighted by molar-refractivity contribution is -0.120. The Morgan fingerprint density at radius 1 is 1.27 bits per heavy atom. The first-order chi connectivity index (χ1) is 10.4. The van der Waals surface area contributed by atoms with Crippen LogP contribution in [0.15, 0.2) is 36.5 Å². The second kappa shape index (κ2) is 6.75. The maximum atomic E-state index is 12.1. The molecule has 5 nitrogen and oxygen atoms in total. The van der Waals surface area contributed by atoms with E-state index in [1.807, 2.05) is 62.7 Å². The maximum Gasteiger partial charge on any atom is 0.251 e. The lowest BCUT2D eigenvalue weighted by Crippen LogP contribution is -2.28. The predicted molar refractivity (Wildman–Crippen MR) is 87.8 cm³/mol. The minimum Gasteiger partial charge on any atom is -0.372 e. The fourth-order valence-corrected chi connectivity index (χ4v) is 2.17. The number of ether oxygens (including phenoxy) is 1. The van der Waals surface area contributed by atoms with Gasteiger partial charge in [0.1, 0.15) is 12.4 Å².